The number of fused-ring (bicyclic) bond motifs is 3. The molecule has 1 unspecified atom stereocenters. The van der Waals surface area contributed by atoms with Gasteiger partial charge in [-0.1, -0.05) is 0 Å². The van der Waals surface area contributed by atoms with Gasteiger partial charge < -0.3 is 13.9 Å². The summed E-state index contributed by atoms with van der Waals surface area (Å²) in [6, 6.07) is 6.31. The van der Waals surface area contributed by atoms with Gasteiger partial charge in [0.15, 0.2) is 0 Å². The SMILES string of the molecule is COC(=O)c1cc2c(n1C)-c1cccn1C2C. The number of carbonyl (C=O) groups excluding carboxylic acids is 1. The molecule has 0 amide bonds. The van der Waals surface area contributed by atoms with Crippen molar-refractivity contribution in [3.8, 4) is 11.4 Å². The molecule has 88 valence electrons. The first-order valence-corrected chi connectivity index (χ1v) is 5.60. The fraction of sp³-hybridized carbons (Fsp3) is 0.308. The number of hydrogen-bond acceptors (Lipinski definition) is 2. The summed E-state index contributed by atoms with van der Waals surface area (Å²) < 4.78 is 8.92. The molecule has 3 rings (SSSR count). The monoisotopic (exact) mass is 230 g/mol. The van der Waals surface area contributed by atoms with Gasteiger partial charge >= 0.3 is 5.97 Å². The van der Waals surface area contributed by atoms with E-state index in [4.69, 9.17) is 4.74 Å². The summed E-state index contributed by atoms with van der Waals surface area (Å²) in [6.45, 7) is 2.14. The highest BCUT2D eigenvalue weighted by atomic mass is 16.5. The number of esters is 1. The third kappa shape index (κ3) is 1.15. The molecule has 2 aromatic heterocycles. The van der Waals surface area contributed by atoms with E-state index in [-0.39, 0.29) is 12.0 Å². The van der Waals surface area contributed by atoms with Gasteiger partial charge in [-0.05, 0) is 25.1 Å². The van der Waals surface area contributed by atoms with Crippen molar-refractivity contribution >= 4 is 5.97 Å². The molecular formula is C13H14N2O2. The van der Waals surface area contributed by atoms with E-state index in [0.29, 0.717) is 5.69 Å². The third-order valence-corrected chi connectivity index (χ3v) is 3.55. The second kappa shape index (κ2) is 3.26. The van der Waals surface area contributed by atoms with Crippen molar-refractivity contribution in [2.45, 2.75) is 13.0 Å². The zero-order chi connectivity index (χ0) is 12.2. The molecular weight excluding hydrogens is 216 g/mol. The Morgan fingerprint density at radius 2 is 2.24 bits per heavy atom. The summed E-state index contributed by atoms with van der Waals surface area (Å²) in [4.78, 5) is 11.6. The summed E-state index contributed by atoms with van der Waals surface area (Å²) in [5.41, 5.74) is 4.06. The normalized spacial score (nSPS) is 16.8. The predicted octanol–water partition coefficient (Wildman–Crippen LogP) is 2.20. The fourth-order valence-electron chi connectivity index (χ4n) is 2.65. The fourth-order valence-corrected chi connectivity index (χ4v) is 2.65. The Hall–Kier alpha value is -1.97. The Morgan fingerprint density at radius 1 is 1.47 bits per heavy atom. The average molecular weight is 230 g/mol. The zero-order valence-electron chi connectivity index (χ0n) is 10.1. The smallest absolute Gasteiger partial charge is 0.354 e. The van der Waals surface area contributed by atoms with Crippen LogP contribution in [0.1, 0.15) is 29.0 Å². The highest BCUT2D eigenvalue weighted by Crippen LogP contribution is 2.41. The van der Waals surface area contributed by atoms with Crippen molar-refractivity contribution in [1.29, 1.82) is 0 Å². The Labute approximate surface area is 99.4 Å². The first-order valence-electron chi connectivity index (χ1n) is 5.60. The lowest BCUT2D eigenvalue weighted by molar-refractivity contribution is 0.0590. The standard InChI is InChI=1S/C13H14N2O2/c1-8-9-7-11(13(16)17-3)14(2)12(9)10-5-4-6-15(8)10/h4-8H,1-3H3. The second-order valence-corrected chi connectivity index (χ2v) is 4.36. The van der Waals surface area contributed by atoms with Crippen LogP contribution in [-0.4, -0.2) is 22.2 Å². The lowest BCUT2D eigenvalue weighted by Gasteiger charge is -2.08. The topological polar surface area (TPSA) is 36.2 Å². The van der Waals surface area contributed by atoms with Crippen molar-refractivity contribution < 1.29 is 9.53 Å². The van der Waals surface area contributed by atoms with Gasteiger partial charge in [0.1, 0.15) is 5.69 Å². The van der Waals surface area contributed by atoms with Gasteiger partial charge in [-0.2, -0.15) is 0 Å². The second-order valence-electron chi connectivity index (χ2n) is 4.36. The van der Waals surface area contributed by atoms with Crippen LogP contribution in [0, 0.1) is 0 Å². The number of hydrogen-bond donors (Lipinski definition) is 0. The highest BCUT2D eigenvalue weighted by Gasteiger charge is 2.30. The van der Waals surface area contributed by atoms with Crippen LogP contribution in [0.2, 0.25) is 0 Å². The average Bonchev–Trinajstić information content (AvgIpc) is 2.95. The Bertz CT molecular complexity index is 607. The van der Waals surface area contributed by atoms with Crippen molar-refractivity contribution in [2.24, 2.45) is 7.05 Å². The van der Waals surface area contributed by atoms with Crippen molar-refractivity contribution in [2.75, 3.05) is 7.11 Å². The molecule has 0 aromatic carbocycles. The molecule has 4 heteroatoms. The van der Waals surface area contributed by atoms with Gasteiger partial charge in [-0.15, -0.1) is 0 Å². The molecule has 17 heavy (non-hydrogen) atoms. The largest absolute Gasteiger partial charge is 0.464 e. The predicted molar refractivity (Wildman–Crippen MR) is 64.0 cm³/mol. The summed E-state index contributed by atoms with van der Waals surface area (Å²) in [5.74, 6) is -0.285. The van der Waals surface area contributed by atoms with E-state index in [0.717, 1.165) is 11.4 Å². The maximum Gasteiger partial charge on any atom is 0.354 e. The molecule has 0 radical (unpaired) electrons. The molecule has 0 aliphatic carbocycles. The van der Waals surface area contributed by atoms with Crippen molar-refractivity contribution in [3.63, 3.8) is 0 Å². The first-order chi connectivity index (χ1) is 8.15. The minimum absolute atomic E-state index is 0.277. The Morgan fingerprint density at radius 3 is 2.94 bits per heavy atom. The van der Waals surface area contributed by atoms with Crippen LogP contribution in [0.25, 0.3) is 11.4 Å². The molecule has 0 fully saturated rings. The molecule has 0 N–H and O–H groups in total. The van der Waals surface area contributed by atoms with Crippen molar-refractivity contribution in [3.05, 3.63) is 35.7 Å². The molecule has 4 nitrogen and oxygen atoms in total. The van der Waals surface area contributed by atoms with Crippen LogP contribution in [0.15, 0.2) is 24.4 Å². The molecule has 1 atom stereocenters. The number of methoxy groups -OCH3 is 1. The van der Waals surface area contributed by atoms with Crippen LogP contribution < -0.4 is 0 Å². The van der Waals surface area contributed by atoms with E-state index in [1.807, 2.05) is 23.7 Å². The molecule has 0 saturated carbocycles. The first kappa shape index (κ1) is 10.2. The number of rotatable bonds is 1. The van der Waals surface area contributed by atoms with Gasteiger partial charge in [-0.3, -0.25) is 0 Å². The molecule has 3 heterocycles. The Balaban J connectivity index is 2.24. The van der Waals surface area contributed by atoms with Crippen LogP contribution in [0.3, 0.4) is 0 Å². The highest BCUT2D eigenvalue weighted by molar-refractivity contribution is 5.90. The molecule has 0 bridgehead atoms. The van der Waals surface area contributed by atoms with Gasteiger partial charge in [0, 0.05) is 18.8 Å². The quantitative estimate of drug-likeness (QED) is 0.704. The number of carbonyl (C=O) groups is 1. The minimum Gasteiger partial charge on any atom is -0.464 e. The van der Waals surface area contributed by atoms with Crippen LogP contribution in [0.4, 0.5) is 0 Å². The summed E-state index contributed by atoms with van der Waals surface area (Å²) in [7, 11) is 3.31. The summed E-state index contributed by atoms with van der Waals surface area (Å²) in [5, 5.41) is 0. The minimum atomic E-state index is -0.285. The zero-order valence-corrected chi connectivity index (χ0v) is 10.1. The van der Waals surface area contributed by atoms with E-state index in [2.05, 4.69) is 23.8 Å². The van der Waals surface area contributed by atoms with Crippen LogP contribution >= 0.6 is 0 Å². The van der Waals surface area contributed by atoms with E-state index >= 15 is 0 Å². The van der Waals surface area contributed by atoms with Crippen LogP contribution in [0.5, 0.6) is 0 Å². The molecule has 1 aliphatic heterocycles. The van der Waals surface area contributed by atoms with E-state index < -0.39 is 0 Å². The maximum atomic E-state index is 11.6. The Kier molecular flexibility index (Phi) is 1.96. The number of aromatic nitrogens is 2. The van der Waals surface area contributed by atoms with Gasteiger partial charge in [-0.25, -0.2) is 4.79 Å². The van der Waals surface area contributed by atoms with Gasteiger partial charge in [0.25, 0.3) is 0 Å². The van der Waals surface area contributed by atoms with E-state index in [9.17, 15) is 4.79 Å². The summed E-state index contributed by atoms with van der Waals surface area (Å²) >= 11 is 0. The van der Waals surface area contributed by atoms with Crippen molar-refractivity contribution in [1.82, 2.24) is 9.13 Å². The number of nitrogens with zero attached hydrogens (tertiary/aromatic N) is 2. The lowest BCUT2D eigenvalue weighted by atomic mass is 10.1. The number of ether oxygens (including phenoxy) is 1. The van der Waals surface area contributed by atoms with E-state index in [1.165, 1.54) is 12.7 Å². The summed E-state index contributed by atoms with van der Waals surface area (Å²) in [6.07, 6.45) is 2.07. The van der Waals surface area contributed by atoms with Crippen LogP contribution in [-0.2, 0) is 11.8 Å². The maximum absolute atomic E-state index is 11.6. The van der Waals surface area contributed by atoms with Gasteiger partial charge in [0.2, 0.25) is 0 Å². The third-order valence-electron chi connectivity index (χ3n) is 3.55. The van der Waals surface area contributed by atoms with Gasteiger partial charge in [0.05, 0.1) is 24.5 Å². The molecule has 0 saturated heterocycles. The van der Waals surface area contributed by atoms with E-state index in [1.54, 1.807) is 0 Å². The lowest BCUT2D eigenvalue weighted by Crippen LogP contribution is -2.08. The molecule has 1 aliphatic rings. The molecule has 0 spiro atoms. The molecule has 2 aromatic rings.